The largest absolute Gasteiger partial charge is 0.396 e. The van der Waals surface area contributed by atoms with Gasteiger partial charge in [-0.25, -0.2) is 12.8 Å². The summed E-state index contributed by atoms with van der Waals surface area (Å²) in [5.74, 6) is -0.574. The van der Waals surface area contributed by atoms with E-state index in [1.165, 1.54) is 19.2 Å². The normalized spacial score (nSPS) is 19.3. The van der Waals surface area contributed by atoms with Gasteiger partial charge in [-0.05, 0) is 85.6 Å². The molecule has 4 atom stereocenters. The first-order valence-corrected chi connectivity index (χ1v) is 18.5. The molecule has 1 saturated carbocycles. The lowest BCUT2D eigenvalue weighted by atomic mass is 9.73. The highest BCUT2D eigenvalue weighted by Gasteiger charge is 2.35. The number of allylic oxidation sites excluding steroid dienone is 1. The maximum absolute atomic E-state index is 13.7. The van der Waals surface area contributed by atoms with Gasteiger partial charge in [0, 0.05) is 49.5 Å². The summed E-state index contributed by atoms with van der Waals surface area (Å²) in [5.41, 5.74) is 4.99. The van der Waals surface area contributed by atoms with Crippen LogP contribution in [0.25, 0.3) is 5.70 Å². The Balaban J connectivity index is 1.69. The van der Waals surface area contributed by atoms with Gasteiger partial charge in [0.25, 0.3) is 5.91 Å². The highest BCUT2D eigenvalue weighted by molar-refractivity contribution is 7.92. The number of carbonyl (C=O) groups is 2. The van der Waals surface area contributed by atoms with Gasteiger partial charge in [0.1, 0.15) is 5.82 Å². The Kier molecular flexibility index (Phi) is 12.4. The summed E-state index contributed by atoms with van der Waals surface area (Å²) < 4.78 is 40.0. The fourth-order valence-corrected chi connectivity index (χ4v) is 6.78. The lowest BCUT2D eigenvalue weighted by Crippen LogP contribution is -2.52. The molecule has 0 radical (unpaired) electrons. The van der Waals surface area contributed by atoms with Gasteiger partial charge < -0.3 is 26.4 Å². The van der Waals surface area contributed by atoms with Crippen LogP contribution in [0.4, 0.5) is 10.1 Å². The van der Waals surface area contributed by atoms with Gasteiger partial charge in [0.2, 0.25) is 15.9 Å². The first-order valence-electron chi connectivity index (χ1n) is 16.7. The Morgan fingerprint density at radius 1 is 1.12 bits per heavy atom. The maximum Gasteiger partial charge on any atom is 0.251 e. The lowest BCUT2D eigenvalue weighted by molar-refractivity contribution is -0.123. The van der Waals surface area contributed by atoms with Gasteiger partial charge in [0.15, 0.2) is 0 Å². The van der Waals surface area contributed by atoms with E-state index in [1.807, 2.05) is 13.8 Å². The van der Waals surface area contributed by atoms with Crippen molar-refractivity contribution in [1.29, 1.82) is 0 Å². The predicted molar refractivity (Wildman–Crippen MR) is 188 cm³/mol. The zero-order valence-electron chi connectivity index (χ0n) is 28.6. The van der Waals surface area contributed by atoms with Crippen molar-refractivity contribution < 1.29 is 27.5 Å². The van der Waals surface area contributed by atoms with Crippen LogP contribution < -0.4 is 25.6 Å². The number of fused-ring (bicyclic) bond motifs is 1. The second-order valence-corrected chi connectivity index (χ2v) is 15.3. The molecule has 1 heterocycles. The van der Waals surface area contributed by atoms with Gasteiger partial charge in [-0.15, -0.1) is 0 Å². The van der Waals surface area contributed by atoms with Crippen molar-refractivity contribution in [3.05, 3.63) is 82.7 Å². The van der Waals surface area contributed by atoms with Gasteiger partial charge in [-0.2, -0.15) is 0 Å². The molecule has 12 heteroatoms. The minimum absolute atomic E-state index is 0.0833. The number of hydrogen-bond acceptors (Lipinski definition) is 7. The van der Waals surface area contributed by atoms with Crippen LogP contribution in [-0.2, 0) is 14.8 Å². The Bertz CT molecular complexity index is 1630. The molecule has 2 aromatic rings. The van der Waals surface area contributed by atoms with Crippen LogP contribution in [0, 0.1) is 17.7 Å². The number of amides is 2. The predicted octanol–water partition coefficient (Wildman–Crippen LogP) is 4.25. The monoisotopic (exact) mass is 683 g/mol. The fourth-order valence-electron chi connectivity index (χ4n) is 6.29. The van der Waals surface area contributed by atoms with Gasteiger partial charge in [-0.1, -0.05) is 39.0 Å². The van der Waals surface area contributed by atoms with E-state index < -0.39 is 28.0 Å². The second kappa shape index (κ2) is 16.1. The van der Waals surface area contributed by atoms with Gasteiger partial charge in [-0.3, -0.25) is 13.9 Å². The molecule has 4 rings (SSSR count). The smallest absolute Gasteiger partial charge is 0.251 e. The van der Waals surface area contributed by atoms with Crippen LogP contribution in [0.2, 0.25) is 0 Å². The van der Waals surface area contributed by atoms with Crippen molar-refractivity contribution in [1.82, 2.24) is 21.3 Å². The second-order valence-electron chi connectivity index (χ2n) is 13.3. The minimum Gasteiger partial charge on any atom is -0.396 e. The van der Waals surface area contributed by atoms with Crippen molar-refractivity contribution in [2.45, 2.75) is 71.0 Å². The summed E-state index contributed by atoms with van der Waals surface area (Å²) in [6.07, 6.45) is 5.14. The third-order valence-corrected chi connectivity index (χ3v) is 10.4. The minimum atomic E-state index is -3.65. The third-order valence-electron chi connectivity index (χ3n) is 9.18. The number of anilines is 1. The molecule has 5 N–H and O–H groups in total. The van der Waals surface area contributed by atoms with Crippen LogP contribution in [0.15, 0.2) is 60.2 Å². The molecule has 2 aliphatic rings. The molecule has 10 nitrogen and oxygen atoms in total. The quantitative estimate of drug-likeness (QED) is 0.188. The van der Waals surface area contributed by atoms with E-state index in [4.69, 9.17) is 0 Å². The Hall–Kier alpha value is -3.74. The summed E-state index contributed by atoms with van der Waals surface area (Å²) in [6.45, 7) is 11.1. The van der Waals surface area contributed by atoms with E-state index in [2.05, 4.69) is 27.8 Å². The number of nitrogens with zero attached hydrogens (tertiary/aromatic N) is 1. The average Bonchev–Trinajstić information content (AvgIpc) is 3.05. The number of sulfonamides is 1. The number of halogens is 1. The molecule has 0 spiro atoms. The summed E-state index contributed by atoms with van der Waals surface area (Å²) in [5, 5.41) is 22.6. The van der Waals surface area contributed by atoms with E-state index in [-0.39, 0.29) is 48.2 Å². The first-order chi connectivity index (χ1) is 22.7. The fraction of sp³-hybridized carbons (Fsp3) is 0.500. The van der Waals surface area contributed by atoms with Crippen molar-refractivity contribution >= 4 is 33.2 Å². The number of hydrogen-bond donors (Lipinski definition) is 5. The lowest BCUT2D eigenvalue weighted by Gasteiger charge is -2.41. The number of aliphatic hydroxyl groups excluding tert-OH is 1. The number of benzene rings is 2. The highest BCUT2D eigenvalue weighted by Crippen LogP contribution is 2.43. The standard InChI is InChI=1S/C36H50FN5O5S/c1-22(2)20-39-36(45)32(15-16-43)38-21-33-23(3)30-9-7-8-10-31(30)34(41-33)26-17-27(19-29(18-26)42(5)48(6,46)47)35(44)40-24(4)25-11-13-28(37)14-12-25/h11-14,17-19,22,24,30,32-33,38,41,43H,3,7-10,15-16,20-21H2,1-2,4-6H3,(H,39,45)(H,40,44)/t24-,30?,32+,33-/m1/s1. The van der Waals surface area contributed by atoms with E-state index >= 15 is 0 Å². The zero-order valence-corrected chi connectivity index (χ0v) is 29.4. The Labute approximate surface area is 284 Å². The molecule has 0 saturated heterocycles. The number of nitrogens with one attached hydrogen (secondary N) is 4. The summed E-state index contributed by atoms with van der Waals surface area (Å²) in [6, 6.07) is 9.70. The van der Waals surface area contributed by atoms with Crippen LogP contribution >= 0.6 is 0 Å². The van der Waals surface area contributed by atoms with Crippen LogP contribution in [-0.4, -0.2) is 70.4 Å². The molecule has 48 heavy (non-hydrogen) atoms. The van der Waals surface area contributed by atoms with Crippen molar-refractivity contribution in [3.63, 3.8) is 0 Å². The third kappa shape index (κ3) is 9.24. The molecular formula is C36H50FN5O5S. The molecule has 2 amide bonds. The van der Waals surface area contributed by atoms with Crippen molar-refractivity contribution in [3.8, 4) is 0 Å². The topological polar surface area (TPSA) is 140 Å². The SMILES string of the molecule is C=C1C2CCCCC2=C(c2cc(C(=O)N[C@H](C)c3ccc(F)cc3)cc(N(C)S(C)(=O)=O)c2)N[C@@H]1CN[C@@H](CCO)C(=O)NCC(C)C. The molecule has 0 aromatic heterocycles. The van der Waals surface area contributed by atoms with E-state index in [1.54, 1.807) is 37.3 Å². The molecule has 262 valence electrons. The van der Waals surface area contributed by atoms with Crippen molar-refractivity contribution in [2.24, 2.45) is 11.8 Å². The Morgan fingerprint density at radius 3 is 2.48 bits per heavy atom. The Morgan fingerprint density at radius 2 is 1.83 bits per heavy atom. The summed E-state index contributed by atoms with van der Waals surface area (Å²) >= 11 is 0. The molecular weight excluding hydrogens is 633 g/mol. The molecule has 1 unspecified atom stereocenters. The van der Waals surface area contributed by atoms with Crippen LogP contribution in [0.1, 0.15) is 80.4 Å². The van der Waals surface area contributed by atoms with Crippen LogP contribution in [0.3, 0.4) is 0 Å². The zero-order chi connectivity index (χ0) is 35.2. The number of aliphatic hydroxyl groups is 1. The van der Waals surface area contributed by atoms with Crippen LogP contribution in [0.5, 0.6) is 0 Å². The van der Waals surface area contributed by atoms with Gasteiger partial charge >= 0.3 is 0 Å². The summed E-state index contributed by atoms with van der Waals surface area (Å²) in [4.78, 5) is 26.6. The molecule has 1 fully saturated rings. The first kappa shape index (κ1) is 37.1. The van der Waals surface area contributed by atoms with E-state index in [0.29, 0.717) is 24.3 Å². The van der Waals surface area contributed by atoms with E-state index in [9.17, 15) is 27.5 Å². The van der Waals surface area contributed by atoms with E-state index in [0.717, 1.165) is 58.7 Å². The highest BCUT2D eigenvalue weighted by atomic mass is 32.2. The summed E-state index contributed by atoms with van der Waals surface area (Å²) in [7, 11) is -2.20. The molecule has 1 aliphatic heterocycles. The molecule has 2 aromatic carbocycles. The molecule has 1 aliphatic carbocycles. The molecule has 0 bridgehead atoms. The van der Waals surface area contributed by atoms with Gasteiger partial charge in [0.05, 0.1) is 30.1 Å². The number of rotatable bonds is 14. The average molecular weight is 684 g/mol. The maximum atomic E-state index is 13.7. The number of carbonyl (C=O) groups excluding carboxylic acids is 2. The van der Waals surface area contributed by atoms with Crippen molar-refractivity contribution in [2.75, 3.05) is 37.3 Å².